The summed E-state index contributed by atoms with van der Waals surface area (Å²) in [7, 11) is 0. The molecular weight excluding hydrogens is 560 g/mol. The number of carboxylic acid groups (broad SMARTS) is 2. The van der Waals surface area contributed by atoms with Crippen LogP contribution in [0.25, 0.3) is 10.9 Å². The highest BCUT2D eigenvalue weighted by atomic mass is 16.4. The minimum Gasteiger partial charge on any atom is -0.481 e. The van der Waals surface area contributed by atoms with E-state index in [1.165, 1.54) is 0 Å². The summed E-state index contributed by atoms with van der Waals surface area (Å²) in [5, 5.41) is 26.8. The molecule has 4 amide bonds. The van der Waals surface area contributed by atoms with Crippen molar-refractivity contribution in [2.24, 2.45) is 11.5 Å². The van der Waals surface area contributed by atoms with Gasteiger partial charge in [-0.2, -0.15) is 0 Å². The van der Waals surface area contributed by atoms with E-state index in [2.05, 4.69) is 20.9 Å². The van der Waals surface area contributed by atoms with Gasteiger partial charge in [0.05, 0.1) is 12.5 Å². The highest BCUT2D eigenvalue weighted by Gasteiger charge is 2.31. The van der Waals surface area contributed by atoms with Gasteiger partial charge in [0.25, 0.3) is 0 Å². The topological polar surface area (TPSA) is 247 Å². The number of hydrogen-bond donors (Lipinski definition) is 8. The lowest BCUT2D eigenvalue weighted by molar-refractivity contribution is -0.142. The third-order valence-electron chi connectivity index (χ3n) is 6.67. The summed E-state index contributed by atoms with van der Waals surface area (Å²) >= 11 is 0. The van der Waals surface area contributed by atoms with Crippen LogP contribution in [0.3, 0.4) is 0 Å². The number of benzene rings is 2. The molecule has 0 radical (unpaired) electrons. The molecule has 0 aliphatic rings. The summed E-state index contributed by atoms with van der Waals surface area (Å²) in [5.74, 6) is -6.01. The molecule has 0 aliphatic carbocycles. The second-order valence-electron chi connectivity index (χ2n) is 9.98. The highest BCUT2D eigenvalue weighted by Crippen LogP contribution is 2.19. The average molecular weight is 595 g/mol. The number of fused-ring (bicyclic) bond motifs is 1. The number of carbonyl (C=O) groups excluding carboxylic acids is 4. The van der Waals surface area contributed by atoms with Gasteiger partial charge in [0.1, 0.15) is 18.1 Å². The Kier molecular flexibility index (Phi) is 11.3. The smallest absolute Gasteiger partial charge is 0.326 e. The van der Waals surface area contributed by atoms with Crippen molar-refractivity contribution in [1.29, 1.82) is 0 Å². The molecule has 3 rings (SSSR count). The monoisotopic (exact) mass is 594 g/mol. The Bertz CT molecular complexity index is 1470. The SMILES string of the molecule is NC(=O)CCC(NC(=O)C(Cc1c[nH]c2ccccc12)NC(=O)C(N)CC(=O)O)C(=O)NC(Cc1ccccc1)C(=O)O. The number of hydrogen-bond acceptors (Lipinski definition) is 7. The second kappa shape index (κ2) is 15.1. The quantitative estimate of drug-likeness (QED) is 0.107. The number of nitrogens with one attached hydrogen (secondary N) is 4. The van der Waals surface area contributed by atoms with Crippen molar-refractivity contribution in [3.63, 3.8) is 0 Å². The van der Waals surface area contributed by atoms with E-state index in [9.17, 15) is 33.9 Å². The Hall–Kier alpha value is -5.24. The molecule has 2 aromatic carbocycles. The van der Waals surface area contributed by atoms with Crippen LogP contribution in [-0.2, 0) is 41.6 Å². The molecule has 4 atom stereocenters. The Morgan fingerprint density at radius 2 is 1.37 bits per heavy atom. The summed E-state index contributed by atoms with van der Waals surface area (Å²) < 4.78 is 0. The number of primary amides is 1. The standard InChI is InChI=1S/C29H34N6O8/c30-19(14-25(37)38)26(39)34-22(13-17-15-32-20-9-5-4-8-18(17)20)28(41)33-21(10-11-24(31)36)27(40)35-23(29(42)43)12-16-6-2-1-3-7-16/h1-9,15,19,21-23,32H,10-14,30H2,(H2,31,36)(H,33,41)(H,34,39)(H,35,40)(H,37,38)(H,42,43). The lowest BCUT2D eigenvalue weighted by atomic mass is 10.0. The van der Waals surface area contributed by atoms with Crippen molar-refractivity contribution in [1.82, 2.24) is 20.9 Å². The fourth-order valence-corrected chi connectivity index (χ4v) is 4.44. The number of aliphatic carboxylic acids is 2. The van der Waals surface area contributed by atoms with Crippen LogP contribution in [0.2, 0.25) is 0 Å². The molecule has 0 saturated heterocycles. The van der Waals surface area contributed by atoms with E-state index in [0.717, 1.165) is 10.9 Å². The van der Waals surface area contributed by atoms with Crippen molar-refractivity contribution in [2.45, 2.75) is 56.3 Å². The van der Waals surface area contributed by atoms with Gasteiger partial charge in [0.2, 0.25) is 23.6 Å². The van der Waals surface area contributed by atoms with Crippen LogP contribution in [0.1, 0.15) is 30.4 Å². The average Bonchev–Trinajstić information content (AvgIpc) is 3.37. The molecule has 0 aliphatic heterocycles. The molecule has 10 N–H and O–H groups in total. The number of aromatic nitrogens is 1. The lowest BCUT2D eigenvalue weighted by Gasteiger charge is -2.25. The van der Waals surface area contributed by atoms with Crippen molar-refractivity contribution >= 4 is 46.5 Å². The fraction of sp³-hybridized carbons (Fsp3) is 0.310. The lowest BCUT2D eigenvalue weighted by Crippen LogP contribution is -2.58. The normalized spacial score (nSPS) is 13.7. The summed E-state index contributed by atoms with van der Waals surface area (Å²) in [5.41, 5.74) is 13.0. The maximum absolute atomic E-state index is 13.6. The number of H-pyrrole nitrogens is 1. The first-order valence-corrected chi connectivity index (χ1v) is 13.4. The van der Waals surface area contributed by atoms with Gasteiger partial charge >= 0.3 is 11.9 Å². The molecular formula is C29H34N6O8. The molecule has 1 aromatic heterocycles. The van der Waals surface area contributed by atoms with E-state index in [4.69, 9.17) is 16.6 Å². The Morgan fingerprint density at radius 1 is 0.767 bits per heavy atom. The number of amides is 4. The minimum atomic E-state index is -1.46. The van der Waals surface area contributed by atoms with Crippen LogP contribution in [0.5, 0.6) is 0 Å². The van der Waals surface area contributed by atoms with Crippen molar-refractivity contribution in [3.05, 3.63) is 71.9 Å². The molecule has 4 unspecified atom stereocenters. The fourth-order valence-electron chi connectivity index (χ4n) is 4.44. The minimum absolute atomic E-state index is 0.0425. The van der Waals surface area contributed by atoms with Crippen molar-refractivity contribution in [2.75, 3.05) is 0 Å². The number of aromatic amines is 1. The zero-order valence-electron chi connectivity index (χ0n) is 23.1. The van der Waals surface area contributed by atoms with E-state index in [1.54, 1.807) is 48.7 Å². The molecule has 1 heterocycles. The third-order valence-corrected chi connectivity index (χ3v) is 6.67. The molecule has 228 valence electrons. The number of carboxylic acids is 2. The van der Waals surface area contributed by atoms with Crippen LogP contribution in [0.15, 0.2) is 60.8 Å². The number of rotatable bonds is 16. The maximum atomic E-state index is 13.6. The highest BCUT2D eigenvalue weighted by molar-refractivity contribution is 5.95. The van der Waals surface area contributed by atoms with Crippen LogP contribution in [0, 0.1) is 0 Å². The Labute approximate surface area is 246 Å². The van der Waals surface area contributed by atoms with Gasteiger partial charge in [-0.05, 0) is 23.6 Å². The molecule has 0 fully saturated rings. The van der Waals surface area contributed by atoms with Crippen LogP contribution in [-0.4, -0.2) is 74.9 Å². The number of para-hydroxylation sites is 1. The predicted molar refractivity (Wildman–Crippen MR) is 154 cm³/mol. The molecule has 0 saturated carbocycles. The van der Waals surface area contributed by atoms with Crippen molar-refractivity contribution in [3.8, 4) is 0 Å². The van der Waals surface area contributed by atoms with E-state index in [-0.39, 0.29) is 25.7 Å². The summed E-state index contributed by atoms with van der Waals surface area (Å²) in [6, 6.07) is 10.3. The number of nitrogens with two attached hydrogens (primary N) is 2. The van der Waals surface area contributed by atoms with Crippen LogP contribution >= 0.6 is 0 Å². The molecule has 14 heteroatoms. The summed E-state index contributed by atoms with van der Waals surface area (Å²) in [6.45, 7) is 0. The van der Waals surface area contributed by atoms with Crippen LogP contribution < -0.4 is 27.4 Å². The van der Waals surface area contributed by atoms with E-state index in [1.807, 2.05) is 12.1 Å². The van der Waals surface area contributed by atoms with E-state index in [0.29, 0.717) is 11.1 Å². The largest absolute Gasteiger partial charge is 0.481 e. The first-order chi connectivity index (χ1) is 20.4. The van der Waals surface area contributed by atoms with Gasteiger partial charge in [0, 0.05) is 36.4 Å². The molecule has 0 spiro atoms. The number of carbonyl (C=O) groups is 6. The van der Waals surface area contributed by atoms with Gasteiger partial charge in [-0.15, -0.1) is 0 Å². The van der Waals surface area contributed by atoms with Gasteiger partial charge in [0.15, 0.2) is 0 Å². The zero-order valence-corrected chi connectivity index (χ0v) is 23.1. The molecule has 43 heavy (non-hydrogen) atoms. The van der Waals surface area contributed by atoms with E-state index >= 15 is 0 Å². The summed E-state index contributed by atoms with van der Waals surface area (Å²) in [6.07, 6.45) is 0.284. The van der Waals surface area contributed by atoms with Gasteiger partial charge in [-0.3, -0.25) is 24.0 Å². The first-order valence-electron chi connectivity index (χ1n) is 13.4. The second-order valence-corrected chi connectivity index (χ2v) is 9.98. The van der Waals surface area contributed by atoms with Crippen molar-refractivity contribution < 1.29 is 39.0 Å². The summed E-state index contributed by atoms with van der Waals surface area (Å²) in [4.78, 5) is 77.1. The van der Waals surface area contributed by atoms with Gasteiger partial charge in [-0.25, -0.2) is 4.79 Å². The third kappa shape index (κ3) is 9.67. The maximum Gasteiger partial charge on any atom is 0.326 e. The van der Waals surface area contributed by atoms with Gasteiger partial charge < -0.3 is 42.6 Å². The first kappa shape index (κ1) is 32.3. The Morgan fingerprint density at radius 3 is 2.02 bits per heavy atom. The zero-order chi connectivity index (χ0) is 31.5. The predicted octanol–water partition coefficient (Wildman–Crippen LogP) is -0.440. The molecule has 3 aromatic rings. The molecule has 14 nitrogen and oxygen atoms in total. The molecule has 0 bridgehead atoms. The van der Waals surface area contributed by atoms with Gasteiger partial charge in [-0.1, -0.05) is 48.5 Å². The Balaban J connectivity index is 1.84. The van der Waals surface area contributed by atoms with Crippen LogP contribution in [0.4, 0.5) is 0 Å². The van der Waals surface area contributed by atoms with E-state index < -0.39 is 66.2 Å².